The summed E-state index contributed by atoms with van der Waals surface area (Å²) in [6.45, 7) is 5.78. The Kier molecular flexibility index (Phi) is 5.82. The molecule has 1 amide bonds. The zero-order chi connectivity index (χ0) is 14.3. The molecule has 3 N–H and O–H groups in total. The number of aryl methyl sites for hydroxylation is 1. The minimum absolute atomic E-state index is 0.0606. The van der Waals surface area contributed by atoms with Crippen LogP contribution in [0.5, 0.6) is 0 Å². The number of rotatable bonds is 4. The topological polar surface area (TPSA) is 67.5 Å². The van der Waals surface area contributed by atoms with Crippen LogP contribution in [0.3, 0.4) is 0 Å². The van der Waals surface area contributed by atoms with E-state index in [4.69, 9.17) is 17.3 Å². The van der Waals surface area contributed by atoms with Gasteiger partial charge in [0, 0.05) is 11.1 Å². The van der Waals surface area contributed by atoms with Crippen molar-refractivity contribution in [3.63, 3.8) is 0 Å². The Morgan fingerprint density at radius 2 is 2.32 bits per heavy atom. The van der Waals surface area contributed by atoms with E-state index >= 15 is 0 Å². The lowest BCUT2D eigenvalue weighted by atomic mass is 10.1. The van der Waals surface area contributed by atoms with Gasteiger partial charge in [-0.1, -0.05) is 29.8 Å². The van der Waals surface area contributed by atoms with Crippen molar-refractivity contribution < 1.29 is 4.79 Å². The van der Waals surface area contributed by atoms with Crippen LogP contribution in [0.1, 0.15) is 11.1 Å². The second kappa shape index (κ2) is 7.38. The fourth-order valence-electron chi connectivity index (χ4n) is 1.39. The maximum atomic E-state index is 11.6. The number of nitrogens with zero attached hydrogens (tertiary/aromatic N) is 1. The number of aliphatic imine (C=N–C) groups is 1. The van der Waals surface area contributed by atoms with Crippen molar-refractivity contribution in [1.29, 1.82) is 0 Å². The third kappa shape index (κ3) is 4.97. The van der Waals surface area contributed by atoms with Gasteiger partial charge in [-0.15, -0.1) is 6.58 Å². The van der Waals surface area contributed by atoms with E-state index < -0.39 is 0 Å². The zero-order valence-electron chi connectivity index (χ0n) is 10.7. The minimum Gasteiger partial charge on any atom is -0.370 e. The monoisotopic (exact) mass is 277 g/mol. The first-order chi connectivity index (χ1) is 9.04. The van der Waals surface area contributed by atoms with Crippen LogP contribution in [0.4, 0.5) is 0 Å². The van der Waals surface area contributed by atoms with Gasteiger partial charge in [0.05, 0.1) is 6.54 Å². The van der Waals surface area contributed by atoms with Crippen LogP contribution in [-0.4, -0.2) is 18.4 Å². The van der Waals surface area contributed by atoms with Gasteiger partial charge in [0.2, 0.25) is 0 Å². The van der Waals surface area contributed by atoms with E-state index in [1.54, 1.807) is 18.2 Å². The Morgan fingerprint density at radius 3 is 2.95 bits per heavy atom. The maximum Gasteiger partial charge on any atom is 0.250 e. The summed E-state index contributed by atoms with van der Waals surface area (Å²) < 4.78 is 0. The van der Waals surface area contributed by atoms with Gasteiger partial charge in [0.15, 0.2) is 5.96 Å². The van der Waals surface area contributed by atoms with Gasteiger partial charge < -0.3 is 5.73 Å². The predicted octanol–water partition coefficient (Wildman–Crippen LogP) is 2.28. The Hall–Kier alpha value is -2.07. The smallest absolute Gasteiger partial charge is 0.250 e. The largest absolute Gasteiger partial charge is 0.370 e. The zero-order valence-corrected chi connectivity index (χ0v) is 11.4. The maximum absolute atomic E-state index is 11.6. The van der Waals surface area contributed by atoms with Crippen molar-refractivity contribution in [1.82, 2.24) is 5.32 Å². The first-order valence-electron chi connectivity index (χ1n) is 5.69. The highest BCUT2D eigenvalue weighted by Gasteiger charge is 2.01. The highest BCUT2D eigenvalue weighted by molar-refractivity contribution is 6.32. The Balaban J connectivity index is 2.71. The van der Waals surface area contributed by atoms with E-state index in [2.05, 4.69) is 16.9 Å². The highest BCUT2D eigenvalue weighted by Crippen LogP contribution is 2.20. The number of amides is 1. The van der Waals surface area contributed by atoms with Gasteiger partial charge in [-0.25, -0.2) is 4.99 Å². The lowest BCUT2D eigenvalue weighted by molar-refractivity contribution is -0.115. The summed E-state index contributed by atoms with van der Waals surface area (Å²) in [6.07, 6.45) is 4.60. The van der Waals surface area contributed by atoms with Gasteiger partial charge in [0.1, 0.15) is 0 Å². The van der Waals surface area contributed by atoms with Gasteiger partial charge in [-0.05, 0) is 30.2 Å². The van der Waals surface area contributed by atoms with Crippen molar-refractivity contribution >= 4 is 29.5 Å². The van der Waals surface area contributed by atoms with E-state index in [1.165, 1.54) is 6.08 Å². The van der Waals surface area contributed by atoms with Gasteiger partial charge in [-0.2, -0.15) is 0 Å². The molecule has 0 saturated heterocycles. The molecule has 0 aliphatic heterocycles. The van der Waals surface area contributed by atoms with Crippen molar-refractivity contribution in [2.75, 3.05) is 6.54 Å². The summed E-state index contributed by atoms with van der Waals surface area (Å²) in [5, 5.41) is 3.03. The Morgan fingerprint density at radius 1 is 1.58 bits per heavy atom. The van der Waals surface area contributed by atoms with Crippen molar-refractivity contribution in [2.45, 2.75) is 6.92 Å². The van der Waals surface area contributed by atoms with Gasteiger partial charge in [-0.3, -0.25) is 10.1 Å². The summed E-state index contributed by atoms with van der Waals surface area (Å²) >= 11 is 6.04. The molecule has 0 bridgehead atoms. The molecule has 0 saturated carbocycles. The molecule has 0 radical (unpaired) electrons. The van der Waals surface area contributed by atoms with Gasteiger partial charge >= 0.3 is 0 Å². The molecular weight excluding hydrogens is 262 g/mol. The van der Waals surface area contributed by atoms with Gasteiger partial charge in [0.25, 0.3) is 5.91 Å². The van der Waals surface area contributed by atoms with Crippen LogP contribution < -0.4 is 11.1 Å². The van der Waals surface area contributed by atoms with E-state index in [0.717, 1.165) is 11.1 Å². The normalized spacial score (nSPS) is 11.6. The SMILES string of the molecule is C=CCN=C(N)NC(=O)/C=C/c1c(C)cccc1Cl. The number of hydrogen-bond acceptors (Lipinski definition) is 2. The highest BCUT2D eigenvalue weighted by atomic mass is 35.5. The molecule has 4 nitrogen and oxygen atoms in total. The van der Waals surface area contributed by atoms with Crippen LogP contribution in [0.2, 0.25) is 5.02 Å². The fourth-order valence-corrected chi connectivity index (χ4v) is 1.67. The molecule has 0 heterocycles. The number of guanidine groups is 1. The summed E-state index contributed by atoms with van der Waals surface area (Å²) in [7, 11) is 0. The van der Waals surface area contributed by atoms with E-state index in [9.17, 15) is 4.79 Å². The lowest BCUT2D eigenvalue weighted by Gasteiger charge is -2.03. The summed E-state index contributed by atoms with van der Waals surface area (Å²) in [5.74, 6) is -0.296. The number of benzene rings is 1. The number of carbonyl (C=O) groups excluding carboxylic acids is 1. The molecule has 0 unspecified atom stereocenters. The van der Waals surface area contributed by atoms with E-state index in [0.29, 0.717) is 11.6 Å². The number of nitrogens with two attached hydrogens (primary N) is 1. The van der Waals surface area contributed by atoms with Crippen molar-refractivity contribution in [3.8, 4) is 0 Å². The molecule has 19 heavy (non-hydrogen) atoms. The molecule has 1 aromatic rings. The van der Waals surface area contributed by atoms with Crippen LogP contribution in [0.15, 0.2) is 41.9 Å². The number of halogens is 1. The first-order valence-corrected chi connectivity index (χ1v) is 6.07. The van der Waals surface area contributed by atoms with E-state index in [1.807, 2.05) is 19.1 Å². The molecule has 1 aromatic carbocycles. The molecule has 5 heteroatoms. The molecule has 0 aliphatic carbocycles. The minimum atomic E-state index is -0.357. The quantitative estimate of drug-likeness (QED) is 0.384. The Labute approximate surface area is 117 Å². The summed E-state index contributed by atoms with van der Waals surface area (Å²) in [4.78, 5) is 15.4. The summed E-state index contributed by atoms with van der Waals surface area (Å²) in [6, 6.07) is 5.55. The third-order valence-electron chi connectivity index (χ3n) is 2.31. The molecule has 100 valence electrons. The lowest BCUT2D eigenvalue weighted by Crippen LogP contribution is -2.35. The third-order valence-corrected chi connectivity index (χ3v) is 2.64. The average Bonchev–Trinajstić information content (AvgIpc) is 2.35. The number of nitrogens with one attached hydrogen (secondary N) is 1. The first kappa shape index (κ1) is 15.0. The molecule has 0 atom stereocenters. The molecule has 0 aliphatic rings. The standard InChI is InChI=1S/C14H16ClN3O/c1-3-9-17-14(16)18-13(19)8-7-11-10(2)5-4-6-12(11)15/h3-8H,1,9H2,2H3,(H3,16,17,18,19)/b8-7+. The fraction of sp³-hybridized carbons (Fsp3) is 0.143. The van der Waals surface area contributed by atoms with Crippen molar-refractivity contribution in [3.05, 3.63) is 53.1 Å². The molecule has 1 rings (SSSR count). The second-order valence-corrected chi connectivity index (χ2v) is 4.21. The molecule has 0 spiro atoms. The van der Waals surface area contributed by atoms with Crippen molar-refractivity contribution in [2.24, 2.45) is 10.7 Å². The van der Waals surface area contributed by atoms with Crippen LogP contribution in [-0.2, 0) is 4.79 Å². The molecule has 0 fully saturated rings. The summed E-state index contributed by atoms with van der Waals surface area (Å²) in [5.41, 5.74) is 7.30. The predicted molar refractivity (Wildman–Crippen MR) is 80.1 cm³/mol. The molecule has 0 aromatic heterocycles. The average molecular weight is 278 g/mol. The van der Waals surface area contributed by atoms with Crippen LogP contribution >= 0.6 is 11.6 Å². The van der Waals surface area contributed by atoms with Crippen LogP contribution in [0.25, 0.3) is 6.08 Å². The molecular formula is C14H16ClN3O. The van der Waals surface area contributed by atoms with Crippen LogP contribution in [0, 0.1) is 6.92 Å². The van der Waals surface area contributed by atoms with E-state index in [-0.39, 0.29) is 11.9 Å². The second-order valence-electron chi connectivity index (χ2n) is 3.81. The number of carbonyl (C=O) groups is 1. The number of hydrogen-bond donors (Lipinski definition) is 2. The Bertz CT molecular complexity index is 515.